The Morgan fingerprint density at radius 2 is 1.79 bits per heavy atom. The highest BCUT2D eigenvalue weighted by molar-refractivity contribution is 5.60. The van der Waals surface area contributed by atoms with Gasteiger partial charge in [0.15, 0.2) is 0 Å². The van der Waals surface area contributed by atoms with Crippen LogP contribution in [0.3, 0.4) is 0 Å². The molecule has 19 heavy (non-hydrogen) atoms. The number of nitrogens with zero attached hydrogens (tertiary/aromatic N) is 2. The standard InChI is InChI=1S/C15H20N4/c1-10(2)12-6-5-7-13(8-12)19-15-9-14(16-4)17-11(3)18-15/h5-10H,1-4H3,(H2,16,17,18,19). The van der Waals surface area contributed by atoms with E-state index in [1.165, 1.54) is 5.56 Å². The Labute approximate surface area is 114 Å². The van der Waals surface area contributed by atoms with Crippen molar-refractivity contribution in [3.05, 3.63) is 41.7 Å². The van der Waals surface area contributed by atoms with Gasteiger partial charge in [-0.15, -0.1) is 0 Å². The van der Waals surface area contributed by atoms with Crippen molar-refractivity contribution in [1.29, 1.82) is 0 Å². The van der Waals surface area contributed by atoms with Crippen molar-refractivity contribution in [3.8, 4) is 0 Å². The topological polar surface area (TPSA) is 49.8 Å². The van der Waals surface area contributed by atoms with Crippen molar-refractivity contribution in [2.45, 2.75) is 26.7 Å². The van der Waals surface area contributed by atoms with E-state index in [9.17, 15) is 0 Å². The highest BCUT2D eigenvalue weighted by Crippen LogP contribution is 2.22. The Kier molecular flexibility index (Phi) is 4.00. The van der Waals surface area contributed by atoms with Gasteiger partial charge in [0.05, 0.1) is 0 Å². The summed E-state index contributed by atoms with van der Waals surface area (Å²) in [5, 5.41) is 6.36. The van der Waals surface area contributed by atoms with Crippen molar-refractivity contribution in [2.24, 2.45) is 0 Å². The van der Waals surface area contributed by atoms with Gasteiger partial charge in [0.2, 0.25) is 0 Å². The molecule has 0 radical (unpaired) electrons. The molecule has 4 nitrogen and oxygen atoms in total. The molecular formula is C15H20N4. The average molecular weight is 256 g/mol. The van der Waals surface area contributed by atoms with Crippen LogP contribution in [0.25, 0.3) is 0 Å². The van der Waals surface area contributed by atoms with Crippen molar-refractivity contribution in [3.63, 3.8) is 0 Å². The van der Waals surface area contributed by atoms with Crippen LogP contribution < -0.4 is 10.6 Å². The zero-order valence-corrected chi connectivity index (χ0v) is 11.9. The van der Waals surface area contributed by atoms with E-state index in [2.05, 4.69) is 52.6 Å². The van der Waals surface area contributed by atoms with E-state index in [0.717, 1.165) is 23.1 Å². The fourth-order valence-electron chi connectivity index (χ4n) is 1.88. The minimum Gasteiger partial charge on any atom is -0.373 e. The van der Waals surface area contributed by atoms with Crippen LogP contribution in [0.15, 0.2) is 30.3 Å². The Morgan fingerprint density at radius 1 is 1.05 bits per heavy atom. The van der Waals surface area contributed by atoms with Gasteiger partial charge in [0.25, 0.3) is 0 Å². The average Bonchev–Trinajstić information content (AvgIpc) is 2.38. The molecule has 100 valence electrons. The summed E-state index contributed by atoms with van der Waals surface area (Å²) in [4.78, 5) is 8.67. The van der Waals surface area contributed by atoms with Gasteiger partial charge in [-0.25, -0.2) is 9.97 Å². The van der Waals surface area contributed by atoms with E-state index >= 15 is 0 Å². The molecule has 2 rings (SSSR count). The van der Waals surface area contributed by atoms with Crippen molar-refractivity contribution < 1.29 is 0 Å². The molecule has 0 amide bonds. The predicted molar refractivity (Wildman–Crippen MR) is 80.1 cm³/mol. The molecule has 0 aliphatic carbocycles. The highest BCUT2D eigenvalue weighted by atomic mass is 15.1. The van der Waals surface area contributed by atoms with Crippen LogP contribution in [-0.4, -0.2) is 17.0 Å². The van der Waals surface area contributed by atoms with Gasteiger partial charge < -0.3 is 10.6 Å². The fourth-order valence-corrected chi connectivity index (χ4v) is 1.88. The van der Waals surface area contributed by atoms with E-state index in [1.54, 1.807) is 0 Å². The van der Waals surface area contributed by atoms with Crippen LogP contribution in [0.5, 0.6) is 0 Å². The van der Waals surface area contributed by atoms with Gasteiger partial charge in [-0.1, -0.05) is 26.0 Å². The maximum absolute atomic E-state index is 4.39. The summed E-state index contributed by atoms with van der Waals surface area (Å²) in [6.45, 7) is 6.26. The highest BCUT2D eigenvalue weighted by Gasteiger charge is 2.03. The molecule has 4 heteroatoms. The third kappa shape index (κ3) is 3.44. The van der Waals surface area contributed by atoms with Crippen LogP contribution in [-0.2, 0) is 0 Å². The van der Waals surface area contributed by atoms with E-state index in [1.807, 2.05) is 26.1 Å². The first kappa shape index (κ1) is 13.3. The summed E-state index contributed by atoms with van der Waals surface area (Å²) in [6, 6.07) is 10.3. The first-order chi connectivity index (χ1) is 9.08. The summed E-state index contributed by atoms with van der Waals surface area (Å²) in [6.07, 6.45) is 0. The summed E-state index contributed by atoms with van der Waals surface area (Å²) >= 11 is 0. The van der Waals surface area contributed by atoms with Crippen LogP contribution in [0.2, 0.25) is 0 Å². The molecule has 0 aliphatic rings. The number of anilines is 3. The molecule has 0 saturated carbocycles. The van der Waals surface area contributed by atoms with Crippen LogP contribution >= 0.6 is 0 Å². The molecule has 1 aromatic carbocycles. The van der Waals surface area contributed by atoms with E-state index in [0.29, 0.717) is 5.92 Å². The van der Waals surface area contributed by atoms with E-state index < -0.39 is 0 Å². The molecule has 0 fully saturated rings. The SMILES string of the molecule is CNc1cc(Nc2cccc(C(C)C)c2)nc(C)n1. The smallest absolute Gasteiger partial charge is 0.136 e. The lowest BCUT2D eigenvalue weighted by Crippen LogP contribution is -2.01. The Hall–Kier alpha value is -2.10. The van der Waals surface area contributed by atoms with Crippen LogP contribution in [0.1, 0.15) is 31.2 Å². The quantitative estimate of drug-likeness (QED) is 0.876. The molecule has 0 aliphatic heterocycles. The second kappa shape index (κ2) is 5.69. The normalized spacial score (nSPS) is 10.6. The monoisotopic (exact) mass is 256 g/mol. The van der Waals surface area contributed by atoms with Crippen LogP contribution in [0.4, 0.5) is 17.3 Å². The van der Waals surface area contributed by atoms with E-state index in [-0.39, 0.29) is 0 Å². The number of rotatable bonds is 4. The molecule has 0 bridgehead atoms. The molecule has 2 N–H and O–H groups in total. The molecule has 0 spiro atoms. The summed E-state index contributed by atoms with van der Waals surface area (Å²) in [7, 11) is 1.85. The van der Waals surface area contributed by atoms with Crippen LogP contribution in [0, 0.1) is 6.92 Å². The number of nitrogens with one attached hydrogen (secondary N) is 2. The summed E-state index contributed by atoms with van der Waals surface area (Å²) in [5.74, 6) is 2.88. The number of hydrogen-bond donors (Lipinski definition) is 2. The first-order valence-electron chi connectivity index (χ1n) is 6.49. The second-order valence-corrected chi connectivity index (χ2v) is 4.84. The first-order valence-corrected chi connectivity index (χ1v) is 6.49. The van der Waals surface area contributed by atoms with Crippen molar-refractivity contribution >= 4 is 17.3 Å². The molecule has 1 aromatic heterocycles. The zero-order chi connectivity index (χ0) is 13.8. The Balaban J connectivity index is 2.25. The maximum atomic E-state index is 4.39. The largest absolute Gasteiger partial charge is 0.373 e. The second-order valence-electron chi connectivity index (χ2n) is 4.84. The minimum atomic E-state index is 0.516. The maximum Gasteiger partial charge on any atom is 0.136 e. The molecule has 2 aromatic rings. The molecule has 0 unspecified atom stereocenters. The molecular weight excluding hydrogens is 236 g/mol. The minimum absolute atomic E-state index is 0.516. The Bertz CT molecular complexity index is 564. The van der Waals surface area contributed by atoms with Gasteiger partial charge in [0.1, 0.15) is 17.5 Å². The van der Waals surface area contributed by atoms with Crippen molar-refractivity contribution in [2.75, 3.05) is 17.7 Å². The summed E-state index contributed by atoms with van der Waals surface area (Å²) < 4.78 is 0. The lowest BCUT2D eigenvalue weighted by molar-refractivity contribution is 0.867. The van der Waals surface area contributed by atoms with Crippen molar-refractivity contribution in [1.82, 2.24) is 9.97 Å². The van der Waals surface area contributed by atoms with E-state index in [4.69, 9.17) is 0 Å². The van der Waals surface area contributed by atoms with Gasteiger partial charge in [-0.2, -0.15) is 0 Å². The van der Waals surface area contributed by atoms with Gasteiger partial charge >= 0.3 is 0 Å². The zero-order valence-electron chi connectivity index (χ0n) is 11.9. The van der Waals surface area contributed by atoms with Gasteiger partial charge in [0, 0.05) is 18.8 Å². The molecule has 1 heterocycles. The molecule has 0 atom stereocenters. The number of aromatic nitrogens is 2. The third-order valence-corrected chi connectivity index (χ3v) is 2.92. The van der Waals surface area contributed by atoms with Gasteiger partial charge in [-0.3, -0.25) is 0 Å². The fraction of sp³-hybridized carbons (Fsp3) is 0.333. The summed E-state index contributed by atoms with van der Waals surface area (Å²) in [5.41, 5.74) is 2.36. The number of benzene rings is 1. The lowest BCUT2D eigenvalue weighted by Gasteiger charge is -2.11. The van der Waals surface area contributed by atoms with Gasteiger partial charge in [-0.05, 0) is 30.5 Å². The number of hydrogen-bond acceptors (Lipinski definition) is 4. The number of aryl methyl sites for hydroxylation is 1. The lowest BCUT2D eigenvalue weighted by atomic mass is 10.0. The third-order valence-electron chi connectivity index (χ3n) is 2.92. The predicted octanol–water partition coefficient (Wildman–Crippen LogP) is 3.69. The molecule has 0 saturated heterocycles. The Morgan fingerprint density at radius 3 is 2.47 bits per heavy atom.